The first kappa shape index (κ1) is 14.0. The Morgan fingerprint density at radius 2 is 1.95 bits per heavy atom. The van der Waals surface area contributed by atoms with Gasteiger partial charge in [0.2, 0.25) is 0 Å². The van der Waals surface area contributed by atoms with Crippen molar-refractivity contribution in [2.24, 2.45) is 0 Å². The van der Waals surface area contributed by atoms with Gasteiger partial charge < -0.3 is 14.5 Å². The van der Waals surface area contributed by atoms with E-state index in [1.807, 2.05) is 30.3 Å². The number of benzene rings is 1. The van der Waals surface area contributed by atoms with Crippen molar-refractivity contribution in [2.45, 2.75) is 26.5 Å². The van der Waals surface area contributed by atoms with Gasteiger partial charge in [0, 0.05) is 0 Å². The quantitative estimate of drug-likeness (QED) is 0.778. The number of ether oxygens (including phenoxy) is 1. The van der Waals surface area contributed by atoms with Crippen LogP contribution in [0.25, 0.3) is 0 Å². The molecule has 102 valence electrons. The van der Waals surface area contributed by atoms with Crippen molar-refractivity contribution in [1.29, 1.82) is 0 Å². The molecule has 0 fully saturated rings. The summed E-state index contributed by atoms with van der Waals surface area (Å²) in [6.07, 6.45) is 1.11. The molecule has 0 unspecified atom stereocenters. The smallest absolute Gasteiger partial charge is 0.146 e. The molecule has 0 amide bonds. The van der Waals surface area contributed by atoms with Crippen LogP contribution < -0.4 is 10.1 Å². The minimum atomic E-state index is 0.386. The van der Waals surface area contributed by atoms with E-state index < -0.39 is 0 Å². The Morgan fingerprint density at radius 1 is 1.16 bits per heavy atom. The summed E-state index contributed by atoms with van der Waals surface area (Å²) in [6.45, 7) is 4.27. The molecule has 1 aromatic carbocycles. The molecule has 2 aromatic rings. The maximum absolute atomic E-state index is 6.01. The van der Waals surface area contributed by atoms with Gasteiger partial charge in [-0.1, -0.05) is 30.7 Å². The number of hydrogen-bond acceptors (Lipinski definition) is 3. The van der Waals surface area contributed by atoms with E-state index in [-0.39, 0.29) is 0 Å². The van der Waals surface area contributed by atoms with Gasteiger partial charge in [-0.3, -0.25) is 0 Å². The second-order valence-electron chi connectivity index (χ2n) is 4.26. The third-order valence-corrected chi connectivity index (χ3v) is 2.96. The van der Waals surface area contributed by atoms with Gasteiger partial charge in [0.15, 0.2) is 0 Å². The van der Waals surface area contributed by atoms with Gasteiger partial charge in [-0.25, -0.2) is 0 Å². The maximum Gasteiger partial charge on any atom is 0.146 e. The highest BCUT2D eigenvalue weighted by Gasteiger charge is 2.04. The molecule has 1 heterocycles. The normalized spacial score (nSPS) is 10.6. The van der Waals surface area contributed by atoms with E-state index >= 15 is 0 Å². The molecule has 0 aliphatic heterocycles. The maximum atomic E-state index is 6.01. The molecule has 0 aliphatic carbocycles. The summed E-state index contributed by atoms with van der Waals surface area (Å²) in [5.74, 6) is 2.39. The van der Waals surface area contributed by atoms with Crippen LogP contribution in [0.15, 0.2) is 40.8 Å². The Balaban J connectivity index is 1.85. The largest absolute Gasteiger partial charge is 0.484 e. The minimum Gasteiger partial charge on any atom is -0.484 e. The lowest BCUT2D eigenvalue weighted by molar-refractivity contribution is 0.265. The number of hydrogen-bond donors (Lipinski definition) is 1. The summed E-state index contributed by atoms with van der Waals surface area (Å²) in [5, 5.41) is 3.90. The molecule has 0 bridgehead atoms. The van der Waals surface area contributed by atoms with Crippen LogP contribution in [0.3, 0.4) is 0 Å². The van der Waals surface area contributed by atoms with Crippen molar-refractivity contribution in [3.8, 4) is 5.75 Å². The molecule has 0 saturated heterocycles. The van der Waals surface area contributed by atoms with Crippen molar-refractivity contribution in [2.75, 3.05) is 6.54 Å². The van der Waals surface area contributed by atoms with Crippen molar-refractivity contribution in [3.05, 3.63) is 52.9 Å². The molecular formula is C15H18ClNO2. The molecule has 1 N–H and O–H groups in total. The van der Waals surface area contributed by atoms with Crippen LogP contribution in [-0.2, 0) is 13.2 Å². The molecule has 0 radical (unpaired) electrons. The second-order valence-corrected chi connectivity index (χ2v) is 4.67. The topological polar surface area (TPSA) is 34.4 Å². The molecule has 0 aliphatic rings. The van der Waals surface area contributed by atoms with Crippen LogP contribution >= 0.6 is 11.6 Å². The van der Waals surface area contributed by atoms with Gasteiger partial charge in [-0.15, -0.1) is 0 Å². The fourth-order valence-electron chi connectivity index (χ4n) is 1.69. The predicted octanol–water partition coefficient (Wildman–Crippen LogP) is 4.01. The first-order valence-corrected chi connectivity index (χ1v) is 6.83. The fourth-order valence-corrected chi connectivity index (χ4v) is 1.88. The van der Waals surface area contributed by atoms with Crippen molar-refractivity contribution in [3.63, 3.8) is 0 Å². The summed E-state index contributed by atoms with van der Waals surface area (Å²) in [7, 11) is 0. The molecular weight excluding hydrogens is 262 g/mol. The standard InChI is InChI=1S/C15H18ClNO2/c1-2-9-17-10-12-7-8-13(19-12)11-18-15-6-4-3-5-14(15)16/h3-8,17H,2,9-11H2,1H3. The predicted molar refractivity (Wildman–Crippen MR) is 76.5 cm³/mol. The zero-order valence-corrected chi connectivity index (χ0v) is 11.7. The zero-order chi connectivity index (χ0) is 13.5. The molecule has 1 aromatic heterocycles. The summed E-state index contributed by atoms with van der Waals surface area (Å²) in [4.78, 5) is 0. The Bertz CT molecular complexity index is 510. The summed E-state index contributed by atoms with van der Waals surface area (Å²) < 4.78 is 11.3. The van der Waals surface area contributed by atoms with Gasteiger partial charge in [0.05, 0.1) is 11.6 Å². The number of rotatable bonds is 7. The zero-order valence-electron chi connectivity index (χ0n) is 11.0. The molecule has 4 heteroatoms. The van der Waals surface area contributed by atoms with E-state index in [4.69, 9.17) is 20.8 Å². The fraction of sp³-hybridized carbons (Fsp3) is 0.333. The monoisotopic (exact) mass is 279 g/mol. The average molecular weight is 280 g/mol. The Labute approximate surface area is 118 Å². The molecule has 2 rings (SSSR count). The van der Waals surface area contributed by atoms with E-state index in [0.717, 1.165) is 31.0 Å². The Morgan fingerprint density at radius 3 is 2.74 bits per heavy atom. The van der Waals surface area contributed by atoms with Gasteiger partial charge in [0.1, 0.15) is 23.9 Å². The minimum absolute atomic E-state index is 0.386. The lowest BCUT2D eigenvalue weighted by Crippen LogP contribution is -2.13. The summed E-state index contributed by atoms with van der Waals surface area (Å²) >= 11 is 6.01. The average Bonchev–Trinajstić information content (AvgIpc) is 2.86. The summed E-state index contributed by atoms with van der Waals surface area (Å²) in [6, 6.07) is 11.3. The first-order valence-electron chi connectivity index (χ1n) is 6.45. The number of furan rings is 1. The van der Waals surface area contributed by atoms with E-state index in [1.165, 1.54) is 0 Å². The van der Waals surface area contributed by atoms with E-state index in [0.29, 0.717) is 17.4 Å². The SMILES string of the molecule is CCCNCc1ccc(COc2ccccc2Cl)o1. The number of halogens is 1. The Hall–Kier alpha value is -1.45. The van der Waals surface area contributed by atoms with E-state index in [2.05, 4.69) is 12.2 Å². The van der Waals surface area contributed by atoms with Crippen LogP contribution in [-0.4, -0.2) is 6.54 Å². The highest BCUT2D eigenvalue weighted by Crippen LogP contribution is 2.24. The van der Waals surface area contributed by atoms with Crippen LogP contribution in [0.4, 0.5) is 0 Å². The first-order chi connectivity index (χ1) is 9.29. The van der Waals surface area contributed by atoms with E-state index in [1.54, 1.807) is 6.07 Å². The molecule has 0 atom stereocenters. The molecule has 0 saturated carbocycles. The van der Waals surface area contributed by atoms with Crippen LogP contribution in [0, 0.1) is 0 Å². The van der Waals surface area contributed by atoms with Gasteiger partial charge in [-0.2, -0.15) is 0 Å². The summed E-state index contributed by atoms with van der Waals surface area (Å²) in [5.41, 5.74) is 0. The van der Waals surface area contributed by atoms with Crippen molar-refractivity contribution < 1.29 is 9.15 Å². The lowest BCUT2D eigenvalue weighted by atomic mass is 10.3. The molecule has 19 heavy (non-hydrogen) atoms. The molecule has 0 spiro atoms. The highest BCUT2D eigenvalue weighted by molar-refractivity contribution is 6.32. The molecule has 3 nitrogen and oxygen atoms in total. The van der Waals surface area contributed by atoms with Crippen LogP contribution in [0.5, 0.6) is 5.75 Å². The number of nitrogens with one attached hydrogen (secondary N) is 1. The highest BCUT2D eigenvalue weighted by atomic mass is 35.5. The third-order valence-electron chi connectivity index (χ3n) is 2.65. The third kappa shape index (κ3) is 4.30. The van der Waals surface area contributed by atoms with Gasteiger partial charge in [-0.05, 0) is 37.2 Å². The van der Waals surface area contributed by atoms with Crippen LogP contribution in [0.2, 0.25) is 5.02 Å². The van der Waals surface area contributed by atoms with E-state index in [9.17, 15) is 0 Å². The van der Waals surface area contributed by atoms with Gasteiger partial charge in [0.25, 0.3) is 0 Å². The lowest BCUT2D eigenvalue weighted by Gasteiger charge is -2.05. The Kier molecular flexibility index (Phi) is 5.31. The van der Waals surface area contributed by atoms with Crippen molar-refractivity contribution >= 4 is 11.6 Å². The van der Waals surface area contributed by atoms with Gasteiger partial charge >= 0.3 is 0 Å². The van der Waals surface area contributed by atoms with Crippen LogP contribution in [0.1, 0.15) is 24.9 Å². The van der Waals surface area contributed by atoms with Crippen molar-refractivity contribution in [1.82, 2.24) is 5.32 Å². The number of para-hydroxylation sites is 1. The second kappa shape index (κ2) is 7.22.